The number of amides is 1. The van der Waals surface area contributed by atoms with Crippen LogP contribution >= 0.6 is 0 Å². The van der Waals surface area contributed by atoms with Crippen LogP contribution < -0.4 is 5.32 Å². The van der Waals surface area contributed by atoms with E-state index in [-0.39, 0.29) is 23.0 Å². The quantitative estimate of drug-likeness (QED) is 0.800. The summed E-state index contributed by atoms with van der Waals surface area (Å²) in [6.45, 7) is 15.5. The van der Waals surface area contributed by atoms with Crippen LogP contribution in [0.4, 0.5) is 4.79 Å². The van der Waals surface area contributed by atoms with Gasteiger partial charge in [0.05, 0.1) is 6.10 Å². The highest BCUT2D eigenvalue weighted by molar-refractivity contribution is 5.67. The van der Waals surface area contributed by atoms with Gasteiger partial charge >= 0.3 is 6.09 Å². The summed E-state index contributed by atoms with van der Waals surface area (Å²) in [4.78, 5) is 11.3. The minimum Gasteiger partial charge on any atom is -0.447 e. The van der Waals surface area contributed by atoms with E-state index in [0.717, 1.165) is 6.42 Å². The number of hydrogen-bond acceptors (Lipinski definition) is 2. The van der Waals surface area contributed by atoms with Crippen molar-refractivity contribution in [2.45, 2.75) is 61.0 Å². The zero-order chi connectivity index (χ0) is 13.0. The summed E-state index contributed by atoms with van der Waals surface area (Å²) in [5.74, 6) is 0. The van der Waals surface area contributed by atoms with Crippen molar-refractivity contribution in [3.8, 4) is 0 Å². The molecule has 0 aromatic rings. The Kier molecular flexibility index (Phi) is 5.30. The lowest BCUT2D eigenvalue weighted by molar-refractivity contribution is 0.102. The van der Waals surface area contributed by atoms with Crippen LogP contribution in [0, 0.1) is 10.8 Å². The molecule has 3 nitrogen and oxygen atoms in total. The number of alkyl carbamates (subject to hydrolysis) is 1. The summed E-state index contributed by atoms with van der Waals surface area (Å²) < 4.78 is 5.00. The molecule has 0 radical (unpaired) electrons. The average Bonchev–Trinajstić information content (AvgIpc) is 1.99. The molecule has 1 amide bonds. The second kappa shape index (κ2) is 5.55. The molecule has 0 saturated carbocycles. The molecule has 0 rings (SSSR count). The van der Waals surface area contributed by atoms with Gasteiger partial charge in [-0.2, -0.15) is 0 Å². The highest BCUT2D eigenvalue weighted by Crippen LogP contribution is 2.40. The van der Waals surface area contributed by atoms with Crippen molar-refractivity contribution in [1.29, 1.82) is 0 Å². The van der Waals surface area contributed by atoms with E-state index < -0.39 is 0 Å². The zero-order valence-corrected chi connectivity index (χ0v) is 11.8. The molecule has 16 heavy (non-hydrogen) atoms. The minimum absolute atomic E-state index is 0.0596. The maximum absolute atomic E-state index is 11.3. The van der Waals surface area contributed by atoms with Crippen molar-refractivity contribution >= 4 is 6.09 Å². The van der Waals surface area contributed by atoms with E-state index in [9.17, 15) is 4.79 Å². The fraction of sp³-hybridized carbons (Fsp3) is 0.923. The molecule has 0 aromatic carbocycles. The number of hydrogen-bond donors (Lipinski definition) is 1. The molecule has 96 valence electrons. The first-order chi connectivity index (χ1) is 7.06. The molecular formula is C13H27NO2. The molecule has 0 aliphatic carbocycles. The molecule has 1 N–H and O–H groups in total. The number of carbonyl (C=O) groups is 1. The molecule has 0 aliphatic rings. The normalized spacial score (nSPS) is 12.8. The van der Waals surface area contributed by atoms with Crippen LogP contribution in [0.15, 0.2) is 0 Å². The van der Waals surface area contributed by atoms with Gasteiger partial charge in [0.15, 0.2) is 0 Å². The van der Waals surface area contributed by atoms with E-state index in [1.54, 1.807) is 0 Å². The SMILES string of the molecule is CC(C)OC(=O)NCCC(C)(C)C(C)(C)C. The van der Waals surface area contributed by atoms with Crippen molar-refractivity contribution in [1.82, 2.24) is 5.32 Å². The summed E-state index contributed by atoms with van der Waals surface area (Å²) in [6, 6.07) is 0. The molecule has 0 bridgehead atoms. The smallest absolute Gasteiger partial charge is 0.407 e. The van der Waals surface area contributed by atoms with Gasteiger partial charge in [-0.15, -0.1) is 0 Å². The summed E-state index contributed by atoms with van der Waals surface area (Å²) in [7, 11) is 0. The van der Waals surface area contributed by atoms with E-state index in [0.29, 0.717) is 6.54 Å². The summed E-state index contributed by atoms with van der Waals surface area (Å²) in [5, 5.41) is 2.78. The van der Waals surface area contributed by atoms with Crippen molar-refractivity contribution in [3.05, 3.63) is 0 Å². The average molecular weight is 229 g/mol. The topological polar surface area (TPSA) is 38.3 Å². The predicted octanol–water partition coefficient (Wildman–Crippen LogP) is 3.58. The molecule has 0 spiro atoms. The lowest BCUT2D eigenvalue weighted by atomic mass is 9.67. The first kappa shape index (κ1) is 15.3. The number of ether oxygens (including phenoxy) is 1. The predicted molar refractivity (Wildman–Crippen MR) is 67.5 cm³/mol. The summed E-state index contributed by atoms with van der Waals surface area (Å²) in [6.07, 6.45) is 0.569. The second-order valence-corrected chi connectivity index (χ2v) is 6.26. The highest BCUT2D eigenvalue weighted by atomic mass is 16.6. The Balaban J connectivity index is 3.95. The number of carbonyl (C=O) groups excluding carboxylic acids is 1. The van der Waals surface area contributed by atoms with Gasteiger partial charge in [-0.1, -0.05) is 34.6 Å². The maximum Gasteiger partial charge on any atom is 0.407 e. The Morgan fingerprint density at radius 2 is 1.69 bits per heavy atom. The molecular weight excluding hydrogens is 202 g/mol. The van der Waals surface area contributed by atoms with Crippen molar-refractivity contribution < 1.29 is 9.53 Å². The Morgan fingerprint density at radius 1 is 1.19 bits per heavy atom. The van der Waals surface area contributed by atoms with Gasteiger partial charge in [-0.3, -0.25) is 0 Å². The monoisotopic (exact) mass is 229 g/mol. The van der Waals surface area contributed by atoms with Gasteiger partial charge in [0.25, 0.3) is 0 Å². The fourth-order valence-corrected chi connectivity index (χ4v) is 1.11. The molecule has 0 atom stereocenters. The Morgan fingerprint density at radius 3 is 2.06 bits per heavy atom. The van der Waals surface area contributed by atoms with E-state index in [1.165, 1.54) is 0 Å². The van der Waals surface area contributed by atoms with Crippen LogP contribution in [0.1, 0.15) is 54.9 Å². The highest BCUT2D eigenvalue weighted by Gasteiger charge is 2.32. The minimum atomic E-state index is -0.320. The van der Waals surface area contributed by atoms with Crippen LogP contribution in [-0.4, -0.2) is 18.7 Å². The molecule has 0 fully saturated rings. The van der Waals surface area contributed by atoms with Crippen LogP contribution in [0.2, 0.25) is 0 Å². The van der Waals surface area contributed by atoms with Crippen molar-refractivity contribution in [2.75, 3.05) is 6.54 Å². The molecule has 0 unspecified atom stereocenters. The van der Waals surface area contributed by atoms with E-state index in [2.05, 4.69) is 39.9 Å². The van der Waals surface area contributed by atoms with Crippen molar-refractivity contribution in [2.24, 2.45) is 10.8 Å². The van der Waals surface area contributed by atoms with E-state index >= 15 is 0 Å². The Labute approximate surface area is 99.9 Å². The zero-order valence-electron chi connectivity index (χ0n) is 11.8. The standard InChI is InChI=1S/C13H27NO2/c1-10(2)16-11(15)14-9-8-13(6,7)12(3,4)5/h10H,8-9H2,1-7H3,(H,14,15). The van der Waals surface area contributed by atoms with Crippen LogP contribution in [0.5, 0.6) is 0 Å². The number of nitrogens with one attached hydrogen (secondary N) is 1. The molecule has 3 heteroatoms. The lowest BCUT2D eigenvalue weighted by Gasteiger charge is -2.39. The first-order valence-corrected chi connectivity index (χ1v) is 6.01. The third kappa shape index (κ3) is 5.38. The third-order valence-electron chi connectivity index (χ3n) is 3.39. The lowest BCUT2D eigenvalue weighted by Crippen LogP contribution is -2.35. The third-order valence-corrected chi connectivity index (χ3v) is 3.39. The summed E-state index contributed by atoms with van der Waals surface area (Å²) in [5.41, 5.74) is 0.425. The Bertz CT molecular complexity index is 227. The summed E-state index contributed by atoms with van der Waals surface area (Å²) >= 11 is 0. The van der Waals surface area contributed by atoms with Gasteiger partial charge < -0.3 is 10.1 Å². The van der Waals surface area contributed by atoms with Gasteiger partial charge in [-0.05, 0) is 31.1 Å². The second-order valence-electron chi connectivity index (χ2n) is 6.26. The van der Waals surface area contributed by atoms with Gasteiger partial charge in [0, 0.05) is 6.54 Å². The van der Waals surface area contributed by atoms with E-state index in [4.69, 9.17) is 4.74 Å². The van der Waals surface area contributed by atoms with Gasteiger partial charge in [0.1, 0.15) is 0 Å². The molecule has 0 saturated heterocycles. The van der Waals surface area contributed by atoms with Crippen LogP contribution in [0.25, 0.3) is 0 Å². The largest absolute Gasteiger partial charge is 0.447 e. The van der Waals surface area contributed by atoms with Crippen molar-refractivity contribution in [3.63, 3.8) is 0 Å². The van der Waals surface area contributed by atoms with Gasteiger partial charge in [-0.25, -0.2) is 4.79 Å². The Hall–Kier alpha value is -0.730. The van der Waals surface area contributed by atoms with Crippen LogP contribution in [0.3, 0.4) is 0 Å². The van der Waals surface area contributed by atoms with E-state index in [1.807, 2.05) is 13.8 Å². The number of rotatable bonds is 4. The molecule has 0 heterocycles. The maximum atomic E-state index is 11.3. The first-order valence-electron chi connectivity index (χ1n) is 6.01. The van der Waals surface area contributed by atoms with Gasteiger partial charge in [0.2, 0.25) is 0 Å². The molecule has 0 aliphatic heterocycles. The van der Waals surface area contributed by atoms with Crippen LogP contribution in [-0.2, 0) is 4.74 Å². The molecule has 0 aromatic heterocycles. The fourth-order valence-electron chi connectivity index (χ4n) is 1.11.